The molecule has 126 valence electrons. The highest BCUT2D eigenvalue weighted by Crippen LogP contribution is 2.27. The first-order chi connectivity index (χ1) is 12.3. The molecule has 0 unspecified atom stereocenters. The molecule has 0 fully saturated rings. The van der Waals surface area contributed by atoms with Gasteiger partial charge in [0, 0.05) is 42.5 Å². The Morgan fingerprint density at radius 3 is 2.68 bits per heavy atom. The molecule has 3 heterocycles. The third kappa shape index (κ3) is 3.89. The summed E-state index contributed by atoms with van der Waals surface area (Å²) < 4.78 is 0. The topological polar surface area (TPSA) is 16.1 Å². The Hall–Kier alpha value is -2.23. The lowest BCUT2D eigenvalue weighted by Gasteiger charge is -2.26. The van der Waals surface area contributed by atoms with Crippen molar-refractivity contribution in [3.63, 3.8) is 0 Å². The molecule has 0 aliphatic carbocycles. The number of pyridine rings is 1. The molecular weight excluding hydrogens is 324 g/mol. The van der Waals surface area contributed by atoms with Crippen molar-refractivity contribution in [2.45, 2.75) is 19.9 Å². The molecule has 0 atom stereocenters. The molecular formula is C22H22N2S. The fraction of sp³-hybridized carbons (Fsp3) is 0.227. The molecule has 0 radical (unpaired) electrons. The summed E-state index contributed by atoms with van der Waals surface area (Å²) in [5, 5.41) is 2.16. The zero-order valence-corrected chi connectivity index (χ0v) is 15.3. The van der Waals surface area contributed by atoms with Crippen molar-refractivity contribution in [2.75, 3.05) is 13.1 Å². The highest BCUT2D eigenvalue weighted by atomic mass is 32.1. The second-order valence-corrected chi connectivity index (χ2v) is 7.59. The summed E-state index contributed by atoms with van der Waals surface area (Å²) in [5.74, 6) is 0. The molecule has 3 heteroatoms. The van der Waals surface area contributed by atoms with Crippen molar-refractivity contribution >= 4 is 16.9 Å². The zero-order valence-electron chi connectivity index (χ0n) is 14.5. The lowest BCUT2D eigenvalue weighted by Crippen LogP contribution is -2.27. The number of benzene rings is 1. The molecule has 3 aromatic rings. The molecule has 1 aliphatic rings. The Kier molecular flexibility index (Phi) is 4.77. The Morgan fingerprint density at radius 2 is 1.96 bits per heavy atom. The quantitative estimate of drug-likeness (QED) is 0.628. The normalized spacial score (nSPS) is 15.2. The van der Waals surface area contributed by atoms with Crippen molar-refractivity contribution < 1.29 is 0 Å². The van der Waals surface area contributed by atoms with E-state index in [0.717, 1.165) is 26.1 Å². The summed E-state index contributed by atoms with van der Waals surface area (Å²) in [6, 6.07) is 15.3. The SMILES string of the molecule is Cc1ccc(-c2cncc(CN3CC=C(c4cccs4)CC3)c2)cc1. The average Bonchev–Trinajstić information content (AvgIpc) is 3.18. The molecule has 0 bridgehead atoms. The summed E-state index contributed by atoms with van der Waals surface area (Å²) >= 11 is 1.84. The number of aromatic nitrogens is 1. The van der Waals surface area contributed by atoms with E-state index in [9.17, 15) is 0 Å². The van der Waals surface area contributed by atoms with Gasteiger partial charge in [0.1, 0.15) is 0 Å². The largest absolute Gasteiger partial charge is 0.295 e. The van der Waals surface area contributed by atoms with Gasteiger partial charge in [-0.05, 0) is 47.6 Å². The van der Waals surface area contributed by atoms with Crippen LogP contribution in [-0.4, -0.2) is 23.0 Å². The lowest BCUT2D eigenvalue weighted by atomic mass is 10.0. The highest BCUT2D eigenvalue weighted by molar-refractivity contribution is 7.11. The predicted octanol–water partition coefficient (Wildman–Crippen LogP) is 5.41. The molecule has 0 N–H and O–H groups in total. The molecule has 1 aromatic carbocycles. The first kappa shape index (κ1) is 16.2. The first-order valence-electron chi connectivity index (χ1n) is 8.74. The zero-order chi connectivity index (χ0) is 17.1. The van der Waals surface area contributed by atoms with Gasteiger partial charge in [0.15, 0.2) is 0 Å². The van der Waals surface area contributed by atoms with E-state index in [0.29, 0.717) is 0 Å². The fourth-order valence-corrected chi connectivity index (χ4v) is 4.07. The summed E-state index contributed by atoms with van der Waals surface area (Å²) in [5.41, 5.74) is 6.50. The van der Waals surface area contributed by atoms with Crippen molar-refractivity contribution in [1.29, 1.82) is 0 Å². The van der Waals surface area contributed by atoms with Gasteiger partial charge in [-0.25, -0.2) is 0 Å². The van der Waals surface area contributed by atoms with Gasteiger partial charge < -0.3 is 0 Å². The second-order valence-electron chi connectivity index (χ2n) is 6.64. The van der Waals surface area contributed by atoms with E-state index in [1.165, 1.54) is 32.7 Å². The maximum Gasteiger partial charge on any atom is 0.0346 e. The van der Waals surface area contributed by atoms with Crippen LogP contribution >= 0.6 is 11.3 Å². The Bertz CT molecular complexity index is 863. The van der Waals surface area contributed by atoms with Crippen LogP contribution in [0.3, 0.4) is 0 Å². The molecule has 2 aromatic heterocycles. The first-order valence-corrected chi connectivity index (χ1v) is 9.62. The van der Waals surface area contributed by atoms with E-state index in [1.54, 1.807) is 0 Å². The van der Waals surface area contributed by atoms with Crippen LogP contribution < -0.4 is 0 Å². The van der Waals surface area contributed by atoms with Crippen LogP contribution in [0.25, 0.3) is 16.7 Å². The fourth-order valence-electron chi connectivity index (χ4n) is 3.28. The van der Waals surface area contributed by atoms with Crippen molar-refractivity contribution in [2.24, 2.45) is 0 Å². The van der Waals surface area contributed by atoms with Gasteiger partial charge in [-0.1, -0.05) is 42.0 Å². The van der Waals surface area contributed by atoms with E-state index in [2.05, 4.69) is 70.7 Å². The van der Waals surface area contributed by atoms with Gasteiger partial charge in [-0.2, -0.15) is 0 Å². The van der Waals surface area contributed by atoms with Crippen LogP contribution in [0.4, 0.5) is 0 Å². The molecule has 0 amide bonds. The average molecular weight is 346 g/mol. The van der Waals surface area contributed by atoms with Crippen LogP contribution in [0.2, 0.25) is 0 Å². The molecule has 1 aliphatic heterocycles. The molecule has 2 nitrogen and oxygen atoms in total. The number of nitrogens with zero attached hydrogens (tertiary/aromatic N) is 2. The Labute approximate surface area is 153 Å². The van der Waals surface area contributed by atoms with Crippen molar-refractivity contribution in [3.05, 3.63) is 82.3 Å². The van der Waals surface area contributed by atoms with Gasteiger partial charge in [0.05, 0.1) is 0 Å². The number of hydrogen-bond acceptors (Lipinski definition) is 3. The van der Waals surface area contributed by atoms with Crippen LogP contribution in [0.1, 0.15) is 22.4 Å². The third-order valence-corrected chi connectivity index (χ3v) is 5.66. The molecule has 0 spiro atoms. The van der Waals surface area contributed by atoms with Crippen LogP contribution in [0.5, 0.6) is 0 Å². The maximum absolute atomic E-state index is 4.46. The summed E-state index contributed by atoms with van der Waals surface area (Å²) in [6.45, 7) is 5.20. The van der Waals surface area contributed by atoms with Gasteiger partial charge in [-0.3, -0.25) is 9.88 Å². The van der Waals surface area contributed by atoms with Gasteiger partial charge >= 0.3 is 0 Å². The van der Waals surface area contributed by atoms with E-state index in [1.807, 2.05) is 23.7 Å². The minimum Gasteiger partial charge on any atom is -0.295 e. The highest BCUT2D eigenvalue weighted by Gasteiger charge is 2.14. The van der Waals surface area contributed by atoms with Crippen LogP contribution in [0.15, 0.2) is 66.3 Å². The van der Waals surface area contributed by atoms with E-state index >= 15 is 0 Å². The number of hydrogen-bond donors (Lipinski definition) is 0. The van der Waals surface area contributed by atoms with E-state index in [4.69, 9.17) is 0 Å². The summed E-state index contributed by atoms with van der Waals surface area (Å²) in [6.07, 6.45) is 7.47. The number of rotatable bonds is 4. The smallest absolute Gasteiger partial charge is 0.0346 e. The summed E-state index contributed by atoms with van der Waals surface area (Å²) in [7, 11) is 0. The van der Waals surface area contributed by atoms with Crippen molar-refractivity contribution in [3.8, 4) is 11.1 Å². The van der Waals surface area contributed by atoms with Gasteiger partial charge in [-0.15, -0.1) is 11.3 Å². The Morgan fingerprint density at radius 1 is 1.08 bits per heavy atom. The second kappa shape index (κ2) is 7.34. The maximum atomic E-state index is 4.46. The number of aryl methyl sites for hydroxylation is 1. The van der Waals surface area contributed by atoms with E-state index < -0.39 is 0 Å². The minimum atomic E-state index is 0.959. The monoisotopic (exact) mass is 346 g/mol. The Balaban J connectivity index is 1.45. The van der Waals surface area contributed by atoms with E-state index in [-0.39, 0.29) is 0 Å². The van der Waals surface area contributed by atoms with Gasteiger partial charge in [0.2, 0.25) is 0 Å². The minimum absolute atomic E-state index is 0.959. The lowest BCUT2D eigenvalue weighted by molar-refractivity contribution is 0.294. The van der Waals surface area contributed by atoms with Gasteiger partial charge in [0.25, 0.3) is 0 Å². The molecule has 25 heavy (non-hydrogen) atoms. The third-order valence-electron chi connectivity index (χ3n) is 4.72. The predicted molar refractivity (Wildman–Crippen MR) is 107 cm³/mol. The van der Waals surface area contributed by atoms with Crippen molar-refractivity contribution in [1.82, 2.24) is 9.88 Å². The number of thiophene rings is 1. The molecule has 0 saturated carbocycles. The summed E-state index contributed by atoms with van der Waals surface area (Å²) in [4.78, 5) is 8.38. The molecule has 4 rings (SSSR count). The standard InChI is InChI=1S/C22H22N2S/c1-17-4-6-19(7-5-17)21-13-18(14-23-15-21)16-24-10-8-20(9-11-24)22-3-2-12-25-22/h2-8,12-15H,9-11,16H2,1H3. The van der Waals surface area contributed by atoms with Crippen LogP contribution in [-0.2, 0) is 6.54 Å². The van der Waals surface area contributed by atoms with Crippen LogP contribution in [0, 0.1) is 6.92 Å². The molecule has 0 saturated heterocycles.